The molecule has 2 aromatic heterocycles. The molecule has 1 N–H and O–H groups in total. The number of aryl methyl sites for hydroxylation is 3. The second kappa shape index (κ2) is 6.66. The molecule has 3 aromatic rings. The zero-order valence-corrected chi connectivity index (χ0v) is 13.9. The average Bonchev–Trinajstić information content (AvgIpc) is 3.11. The van der Waals surface area contributed by atoms with E-state index in [4.69, 9.17) is 0 Å². The third-order valence-electron chi connectivity index (χ3n) is 3.81. The number of rotatable bonds is 5. The fourth-order valence-corrected chi connectivity index (χ4v) is 2.45. The number of carbonyl (C=O) groups is 1. The van der Waals surface area contributed by atoms with Gasteiger partial charge in [0, 0.05) is 11.3 Å². The lowest BCUT2D eigenvalue weighted by atomic mass is 10.1. The van der Waals surface area contributed by atoms with Gasteiger partial charge in [0.2, 0.25) is 0 Å². The summed E-state index contributed by atoms with van der Waals surface area (Å²) in [5.41, 5.74) is 5.11. The minimum atomic E-state index is -0.157. The predicted octanol–water partition coefficient (Wildman–Crippen LogP) is 2.17. The van der Waals surface area contributed by atoms with E-state index in [1.165, 1.54) is 0 Å². The number of nitrogens with one attached hydrogen (secondary N) is 1. The number of benzene rings is 1. The molecule has 0 radical (unpaired) electrons. The fourth-order valence-electron chi connectivity index (χ4n) is 2.45. The normalized spacial score (nSPS) is 10.8. The topological polar surface area (TPSA) is 85.8 Å². The monoisotopic (exact) mass is 325 g/mol. The molecular weight excluding hydrogens is 306 g/mol. The highest BCUT2D eigenvalue weighted by Crippen LogP contribution is 2.09. The molecule has 124 valence electrons. The van der Waals surface area contributed by atoms with Gasteiger partial charge in [0.1, 0.15) is 11.4 Å². The van der Waals surface area contributed by atoms with Crippen molar-refractivity contribution in [2.24, 2.45) is 0 Å². The average molecular weight is 325 g/mol. The van der Waals surface area contributed by atoms with Crippen molar-refractivity contribution >= 4 is 5.91 Å². The molecule has 0 atom stereocenters. The Morgan fingerprint density at radius 3 is 2.50 bits per heavy atom. The van der Waals surface area contributed by atoms with Crippen LogP contribution >= 0.6 is 0 Å². The zero-order chi connectivity index (χ0) is 17.1. The Labute approximate surface area is 139 Å². The first-order chi connectivity index (χ1) is 11.5. The second-order valence-corrected chi connectivity index (χ2v) is 5.76. The molecule has 7 nitrogen and oxygen atoms in total. The summed E-state index contributed by atoms with van der Waals surface area (Å²) >= 11 is 0. The zero-order valence-electron chi connectivity index (χ0n) is 13.9. The second-order valence-electron chi connectivity index (χ2n) is 5.76. The van der Waals surface area contributed by atoms with Crippen molar-refractivity contribution in [3.63, 3.8) is 0 Å². The SMILES string of the molecule is Cc1cc(C)n(Cc2ccc(C(=O)NCc3nonc3C)cc2)n1. The summed E-state index contributed by atoms with van der Waals surface area (Å²) in [5, 5.41) is 14.7. The van der Waals surface area contributed by atoms with Crippen LogP contribution in [-0.4, -0.2) is 26.0 Å². The standard InChI is InChI=1S/C17H19N5O2/c1-11-8-12(2)22(19-11)10-14-4-6-15(7-5-14)17(23)18-9-16-13(3)20-24-21-16/h4-8H,9-10H2,1-3H3,(H,18,23). The Balaban J connectivity index is 1.62. The van der Waals surface area contributed by atoms with Gasteiger partial charge in [-0.05, 0) is 44.5 Å². The van der Waals surface area contributed by atoms with Crippen LogP contribution in [0.4, 0.5) is 0 Å². The minimum Gasteiger partial charge on any atom is -0.346 e. The predicted molar refractivity (Wildman–Crippen MR) is 87.5 cm³/mol. The van der Waals surface area contributed by atoms with Crippen molar-refractivity contribution in [1.82, 2.24) is 25.4 Å². The van der Waals surface area contributed by atoms with Crippen LogP contribution in [0.1, 0.15) is 38.7 Å². The van der Waals surface area contributed by atoms with Gasteiger partial charge < -0.3 is 5.32 Å². The van der Waals surface area contributed by atoms with Crippen LogP contribution in [0.3, 0.4) is 0 Å². The molecule has 0 aliphatic carbocycles. The Kier molecular flexibility index (Phi) is 4.41. The van der Waals surface area contributed by atoms with Gasteiger partial charge in [-0.3, -0.25) is 9.48 Å². The third-order valence-corrected chi connectivity index (χ3v) is 3.81. The van der Waals surface area contributed by atoms with E-state index in [0.29, 0.717) is 30.0 Å². The number of amides is 1. The van der Waals surface area contributed by atoms with Crippen LogP contribution in [0.15, 0.2) is 35.0 Å². The number of hydrogen-bond acceptors (Lipinski definition) is 5. The smallest absolute Gasteiger partial charge is 0.251 e. The van der Waals surface area contributed by atoms with Crippen molar-refractivity contribution in [2.45, 2.75) is 33.9 Å². The van der Waals surface area contributed by atoms with E-state index in [1.54, 1.807) is 6.92 Å². The van der Waals surface area contributed by atoms with Crippen LogP contribution in [0.5, 0.6) is 0 Å². The largest absolute Gasteiger partial charge is 0.346 e. The molecule has 3 rings (SSSR count). The van der Waals surface area contributed by atoms with E-state index in [2.05, 4.69) is 25.4 Å². The van der Waals surface area contributed by atoms with Gasteiger partial charge >= 0.3 is 0 Å². The molecule has 0 bridgehead atoms. The lowest BCUT2D eigenvalue weighted by molar-refractivity contribution is 0.0950. The Hall–Kier alpha value is -2.96. The molecule has 0 aliphatic rings. The van der Waals surface area contributed by atoms with E-state index < -0.39 is 0 Å². The summed E-state index contributed by atoms with van der Waals surface area (Å²) in [6, 6.07) is 9.54. The van der Waals surface area contributed by atoms with E-state index in [1.807, 2.05) is 48.9 Å². The van der Waals surface area contributed by atoms with Crippen molar-refractivity contribution in [3.05, 3.63) is 64.2 Å². The Morgan fingerprint density at radius 1 is 1.17 bits per heavy atom. The van der Waals surface area contributed by atoms with Gasteiger partial charge in [-0.15, -0.1) is 0 Å². The number of hydrogen-bond donors (Lipinski definition) is 1. The van der Waals surface area contributed by atoms with Crippen molar-refractivity contribution in [1.29, 1.82) is 0 Å². The summed E-state index contributed by atoms with van der Waals surface area (Å²) in [6.45, 7) is 6.77. The molecule has 0 aliphatic heterocycles. The summed E-state index contributed by atoms with van der Waals surface area (Å²) in [6.07, 6.45) is 0. The summed E-state index contributed by atoms with van der Waals surface area (Å²) in [7, 11) is 0. The van der Waals surface area contributed by atoms with Gasteiger partial charge in [0.05, 0.1) is 18.8 Å². The molecule has 1 amide bonds. The maximum absolute atomic E-state index is 12.2. The van der Waals surface area contributed by atoms with Crippen LogP contribution in [0.25, 0.3) is 0 Å². The van der Waals surface area contributed by atoms with Gasteiger partial charge in [-0.1, -0.05) is 22.4 Å². The lowest BCUT2D eigenvalue weighted by Crippen LogP contribution is -2.23. The Bertz CT molecular complexity index is 848. The lowest BCUT2D eigenvalue weighted by Gasteiger charge is -2.07. The molecule has 1 aromatic carbocycles. The van der Waals surface area contributed by atoms with Crippen LogP contribution < -0.4 is 5.32 Å². The van der Waals surface area contributed by atoms with E-state index in [0.717, 1.165) is 17.0 Å². The molecule has 2 heterocycles. The van der Waals surface area contributed by atoms with E-state index in [9.17, 15) is 4.79 Å². The van der Waals surface area contributed by atoms with Crippen molar-refractivity contribution < 1.29 is 9.42 Å². The first kappa shape index (κ1) is 15.9. The minimum absolute atomic E-state index is 0.157. The molecule has 0 unspecified atom stereocenters. The maximum Gasteiger partial charge on any atom is 0.251 e. The molecule has 24 heavy (non-hydrogen) atoms. The maximum atomic E-state index is 12.2. The van der Waals surface area contributed by atoms with E-state index >= 15 is 0 Å². The quantitative estimate of drug-likeness (QED) is 0.777. The van der Waals surface area contributed by atoms with Crippen LogP contribution in [-0.2, 0) is 13.1 Å². The van der Waals surface area contributed by atoms with Gasteiger partial charge in [0.15, 0.2) is 0 Å². The third kappa shape index (κ3) is 3.51. The highest BCUT2D eigenvalue weighted by atomic mass is 16.6. The molecule has 0 fully saturated rings. The first-order valence-corrected chi connectivity index (χ1v) is 7.69. The van der Waals surface area contributed by atoms with Crippen molar-refractivity contribution in [3.8, 4) is 0 Å². The highest BCUT2D eigenvalue weighted by Gasteiger charge is 2.10. The van der Waals surface area contributed by atoms with Crippen LogP contribution in [0.2, 0.25) is 0 Å². The number of nitrogens with zero attached hydrogens (tertiary/aromatic N) is 4. The molecule has 7 heteroatoms. The summed E-state index contributed by atoms with van der Waals surface area (Å²) in [5.74, 6) is -0.157. The van der Waals surface area contributed by atoms with Crippen molar-refractivity contribution in [2.75, 3.05) is 0 Å². The van der Waals surface area contributed by atoms with Gasteiger partial charge in [-0.25, -0.2) is 4.63 Å². The molecular formula is C17H19N5O2. The summed E-state index contributed by atoms with van der Waals surface area (Å²) in [4.78, 5) is 12.2. The number of aromatic nitrogens is 4. The first-order valence-electron chi connectivity index (χ1n) is 7.69. The van der Waals surface area contributed by atoms with Gasteiger partial charge in [-0.2, -0.15) is 5.10 Å². The van der Waals surface area contributed by atoms with Crippen LogP contribution in [0, 0.1) is 20.8 Å². The Morgan fingerprint density at radius 2 is 1.92 bits per heavy atom. The molecule has 0 saturated carbocycles. The van der Waals surface area contributed by atoms with Gasteiger partial charge in [0.25, 0.3) is 5.91 Å². The molecule has 0 saturated heterocycles. The summed E-state index contributed by atoms with van der Waals surface area (Å²) < 4.78 is 6.56. The highest BCUT2D eigenvalue weighted by molar-refractivity contribution is 5.94. The fraction of sp³-hybridized carbons (Fsp3) is 0.294. The van der Waals surface area contributed by atoms with E-state index in [-0.39, 0.29) is 5.91 Å². The molecule has 0 spiro atoms. The number of carbonyl (C=O) groups excluding carboxylic acids is 1.